The Kier molecular flexibility index (Phi) is 3.95. The Morgan fingerprint density at radius 2 is 2.08 bits per heavy atom. The molecule has 2 nitrogen and oxygen atoms in total. The van der Waals surface area contributed by atoms with Gasteiger partial charge in [-0.15, -0.1) is 0 Å². The lowest BCUT2D eigenvalue weighted by Gasteiger charge is -2.28. The maximum atomic E-state index is 5.46. The minimum atomic E-state index is 0.675. The van der Waals surface area contributed by atoms with Crippen LogP contribution >= 0.6 is 12.2 Å². The number of thiocarbonyl (C=S) groups is 1. The van der Waals surface area contributed by atoms with Gasteiger partial charge in [0.15, 0.2) is 0 Å². The van der Waals surface area contributed by atoms with Crippen molar-refractivity contribution in [3.63, 3.8) is 0 Å². The molecular weight excluding hydrogens is 168 g/mol. The molecule has 0 aromatic heterocycles. The maximum absolute atomic E-state index is 5.46. The van der Waals surface area contributed by atoms with Crippen LogP contribution in [-0.4, -0.2) is 30.0 Å². The van der Waals surface area contributed by atoms with Gasteiger partial charge in [0.05, 0.1) is 4.99 Å². The molecule has 1 aliphatic rings. The lowest BCUT2D eigenvalue weighted by Crippen LogP contribution is -2.30. The van der Waals surface area contributed by atoms with Gasteiger partial charge in [-0.1, -0.05) is 12.2 Å². The minimum Gasteiger partial charge on any atom is -0.393 e. The molecule has 12 heavy (non-hydrogen) atoms. The van der Waals surface area contributed by atoms with Crippen molar-refractivity contribution < 1.29 is 0 Å². The van der Waals surface area contributed by atoms with E-state index >= 15 is 0 Å². The predicted molar refractivity (Wildman–Crippen MR) is 56.2 cm³/mol. The van der Waals surface area contributed by atoms with Gasteiger partial charge in [-0.2, -0.15) is 0 Å². The van der Waals surface area contributed by atoms with E-state index in [0.717, 1.165) is 12.3 Å². The molecule has 0 spiro atoms. The third-order valence-corrected chi connectivity index (χ3v) is 2.84. The van der Waals surface area contributed by atoms with Gasteiger partial charge in [0.2, 0.25) is 0 Å². The zero-order valence-corrected chi connectivity index (χ0v) is 8.57. The molecule has 0 radical (unpaired) electrons. The second-order valence-corrected chi connectivity index (χ2v) is 4.28. The molecular formula is C9H18N2S. The van der Waals surface area contributed by atoms with Gasteiger partial charge >= 0.3 is 0 Å². The van der Waals surface area contributed by atoms with Crippen molar-refractivity contribution in [3.8, 4) is 0 Å². The summed E-state index contributed by atoms with van der Waals surface area (Å²) in [7, 11) is 2.18. The van der Waals surface area contributed by atoms with Gasteiger partial charge in [0.25, 0.3) is 0 Å². The number of hydrogen-bond donors (Lipinski definition) is 1. The highest BCUT2D eigenvalue weighted by Gasteiger charge is 2.15. The van der Waals surface area contributed by atoms with E-state index < -0.39 is 0 Å². The van der Waals surface area contributed by atoms with Gasteiger partial charge in [-0.3, -0.25) is 0 Å². The summed E-state index contributed by atoms with van der Waals surface area (Å²) in [6.07, 6.45) is 4.77. The highest BCUT2D eigenvalue weighted by molar-refractivity contribution is 7.80. The first-order chi connectivity index (χ1) is 5.68. The van der Waals surface area contributed by atoms with E-state index in [2.05, 4.69) is 11.9 Å². The van der Waals surface area contributed by atoms with Crippen LogP contribution in [0.4, 0.5) is 0 Å². The third kappa shape index (κ3) is 3.50. The Bertz CT molecular complexity index is 151. The normalized spacial score (nSPS) is 21.1. The SMILES string of the molecule is CN1CCC(CCC(N)=S)CC1. The summed E-state index contributed by atoms with van der Waals surface area (Å²) < 4.78 is 0. The Morgan fingerprint density at radius 3 is 2.58 bits per heavy atom. The maximum Gasteiger partial charge on any atom is 0.0727 e. The van der Waals surface area contributed by atoms with Crippen LogP contribution < -0.4 is 5.73 Å². The molecule has 0 unspecified atom stereocenters. The van der Waals surface area contributed by atoms with Crippen LogP contribution in [0.2, 0.25) is 0 Å². The summed E-state index contributed by atoms with van der Waals surface area (Å²) in [5, 5.41) is 0. The van der Waals surface area contributed by atoms with Crippen LogP contribution in [0.25, 0.3) is 0 Å². The van der Waals surface area contributed by atoms with E-state index in [9.17, 15) is 0 Å². The number of piperidine rings is 1. The van der Waals surface area contributed by atoms with Crippen LogP contribution in [0, 0.1) is 5.92 Å². The lowest BCUT2D eigenvalue weighted by atomic mass is 9.92. The number of hydrogen-bond acceptors (Lipinski definition) is 2. The largest absolute Gasteiger partial charge is 0.393 e. The van der Waals surface area contributed by atoms with Crippen molar-refractivity contribution in [1.29, 1.82) is 0 Å². The molecule has 0 saturated carbocycles. The molecule has 1 fully saturated rings. The predicted octanol–water partition coefficient (Wildman–Crippen LogP) is 1.39. The van der Waals surface area contributed by atoms with Crippen molar-refractivity contribution in [2.75, 3.05) is 20.1 Å². The molecule has 0 aromatic rings. The van der Waals surface area contributed by atoms with Crippen LogP contribution in [0.15, 0.2) is 0 Å². The van der Waals surface area contributed by atoms with Crippen LogP contribution in [0.5, 0.6) is 0 Å². The molecule has 1 aliphatic heterocycles. The van der Waals surface area contributed by atoms with Crippen LogP contribution in [-0.2, 0) is 0 Å². The van der Waals surface area contributed by atoms with E-state index in [0.29, 0.717) is 4.99 Å². The van der Waals surface area contributed by atoms with E-state index in [-0.39, 0.29) is 0 Å². The summed E-state index contributed by atoms with van der Waals surface area (Å²) in [6, 6.07) is 0. The molecule has 0 aromatic carbocycles. The average molecular weight is 186 g/mol. The Hall–Kier alpha value is -0.150. The number of nitrogens with two attached hydrogens (primary N) is 1. The van der Waals surface area contributed by atoms with Gasteiger partial charge < -0.3 is 10.6 Å². The summed E-state index contributed by atoms with van der Waals surface area (Å²) >= 11 is 4.85. The first-order valence-corrected chi connectivity index (χ1v) is 5.06. The molecule has 2 N–H and O–H groups in total. The zero-order chi connectivity index (χ0) is 8.97. The lowest BCUT2D eigenvalue weighted by molar-refractivity contribution is 0.214. The van der Waals surface area contributed by atoms with Crippen molar-refractivity contribution in [2.45, 2.75) is 25.7 Å². The number of likely N-dealkylation sites (tertiary alicyclic amines) is 1. The fraction of sp³-hybridized carbons (Fsp3) is 0.889. The van der Waals surface area contributed by atoms with Gasteiger partial charge in [-0.25, -0.2) is 0 Å². The summed E-state index contributed by atoms with van der Waals surface area (Å²) in [5.74, 6) is 0.864. The summed E-state index contributed by atoms with van der Waals surface area (Å²) in [4.78, 5) is 3.06. The molecule has 0 amide bonds. The topological polar surface area (TPSA) is 29.3 Å². The van der Waals surface area contributed by atoms with Crippen molar-refractivity contribution in [2.24, 2.45) is 11.7 Å². The van der Waals surface area contributed by atoms with Gasteiger partial charge in [0, 0.05) is 0 Å². The zero-order valence-electron chi connectivity index (χ0n) is 7.75. The smallest absolute Gasteiger partial charge is 0.0727 e. The molecule has 70 valence electrons. The highest BCUT2D eigenvalue weighted by Crippen LogP contribution is 2.20. The van der Waals surface area contributed by atoms with Gasteiger partial charge in [0.1, 0.15) is 0 Å². The minimum absolute atomic E-state index is 0.675. The van der Waals surface area contributed by atoms with Gasteiger partial charge in [-0.05, 0) is 51.7 Å². The Morgan fingerprint density at radius 1 is 1.50 bits per heavy atom. The van der Waals surface area contributed by atoms with E-state index in [4.69, 9.17) is 18.0 Å². The monoisotopic (exact) mass is 186 g/mol. The molecule has 3 heteroatoms. The second-order valence-electron chi connectivity index (χ2n) is 3.75. The number of nitrogens with zero attached hydrogens (tertiary/aromatic N) is 1. The molecule has 1 rings (SSSR count). The second kappa shape index (κ2) is 4.77. The third-order valence-electron chi connectivity index (χ3n) is 2.64. The number of rotatable bonds is 3. The van der Waals surface area contributed by atoms with Crippen molar-refractivity contribution >= 4 is 17.2 Å². The molecule has 0 bridgehead atoms. The first kappa shape index (κ1) is 9.93. The standard InChI is InChI=1S/C9H18N2S/c1-11-6-4-8(5-7-11)2-3-9(10)12/h8H,2-7H2,1H3,(H2,10,12). The molecule has 1 saturated heterocycles. The van der Waals surface area contributed by atoms with E-state index in [1.54, 1.807) is 0 Å². The quantitative estimate of drug-likeness (QED) is 0.675. The fourth-order valence-corrected chi connectivity index (χ4v) is 1.81. The average Bonchev–Trinajstić information content (AvgIpc) is 2.03. The van der Waals surface area contributed by atoms with E-state index in [1.165, 1.54) is 32.4 Å². The Labute approximate surface area is 80.1 Å². The van der Waals surface area contributed by atoms with E-state index in [1.807, 2.05) is 0 Å². The first-order valence-electron chi connectivity index (χ1n) is 4.65. The van der Waals surface area contributed by atoms with Crippen LogP contribution in [0.1, 0.15) is 25.7 Å². The summed E-state index contributed by atoms with van der Waals surface area (Å²) in [6.45, 7) is 2.48. The fourth-order valence-electron chi connectivity index (χ4n) is 1.70. The molecule has 0 aliphatic carbocycles. The Balaban J connectivity index is 2.13. The summed E-state index contributed by atoms with van der Waals surface area (Å²) in [5.41, 5.74) is 5.46. The van der Waals surface area contributed by atoms with Crippen molar-refractivity contribution in [1.82, 2.24) is 4.90 Å². The van der Waals surface area contributed by atoms with Crippen LogP contribution in [0.3, 0.4) is 0 Å². The molecule has 1 heterocycles. The highest BCUT2D eigenvalue weighted by atomic mass is 32.1. The van der Waals surface area contributed by atoms with Crippen molar-refractivity contribution in [3.05, 3.63) is 0 Å². The molecule has 0 atom stereocenters.